The number of hydrogen-bond donors (Lipinski definition) is 0. The van der Waals surface area contributed by atoms with Crippen LogP contribution in [-0.2, 0) is 9.53 Å². The second-order valence-electron chi connectivity index (χ2n) is 8.82. The van der Waals surface area contributed by atoms with Gasteiger partial charge in [-0.25, -0.2) is 9.79 Å². The second kappa shape index (κ2) is 10.8. The number of aromatic nitrogens is 1. The van der Waals surface area contributed by atoms with Gasteiger partial charge >= 0.3 is 5.97 Å². The van der Waals surface area contributed by atoms with Crippen LogP contribution in [-0.4, -0.2) is 38.5 Å². The fourth-order valence-electron chi connectivity index (χ4n) is 4.86. The molecule has 0 aliphatic carbocycles. The SMILES string of the molecule is CCOC(=O)C1=C(C)N=c2s/c(=C\c3c(OC)ccc4ccccc34)c(=O)n2[C@@H]1c1ccc(OC)c(OC)c1. The van der Waals surface area contributed by atoms with E-state index in [0.717, 1.165) is 16.3 Å². The predicted molar refractivity (Wildman–Crippen MR) is 150 cm³/mol. The van der Waals surface area contributed by atoms with Crippen LogP contribution in [0.4, 0.5) is 0 Å². The minimum Gasteiger partial charge on any atom is -0.496 e. The number of methoxy groups -OCH3 is 3. The number of rotatable bonds is 7. The third-order valence-electron chi connectivity index (χ3n) is 6.67. The van der Waals surface area contributed by atoms with Crippen molar-refractivity contribution in [2.45, 2.75) is 19.9 Å². The number of carbonyl (C=O) groups excluding carboxylic acids is 1. The molecule has 9 heteroatoms. The standard InChI is InChI=1S/C30H28N2O6S/c1-6-38-29(34)26-17(2)31-30-32(27(26)19-12-14-23(36-4)24(15-19)37-5)28(33)25(39-30)16-21-20-10-8-7-9-18(20)11-13-22(21)35-3/h7-16,27H,6H2,1-5H3/b25-16-/t27-/m1/s1. The monoisotopic (exact) mass is 544 g/mol. The number of esters is 1. The van der Waals surface area contributed by atoms with Gasteiger partial charge in [-0.15, -0.1) is 0 Å². The largest absolute Gasteiger partial charge is 0.496 e. The van der Waals surface area contributed by atoms with Crippen LogP contribution in [0.25, 0.3) is 16.8 Å². The second-order valence-corrected chi connectivity index (χ2v) is 9.83. The van der Waals surface area contributed by atoms with Crippen LogP contribution in [0.15, 0.2) is 75.7 Å². The number of fused-ring (bicyclic) bond motifs is 2. The van der Waals surface area contributed by atoms with E-state index in [4.69, 9.17) is 18.9 Å². The zero-order valence-electron chi connectivity index (χ0n) is 22.3. The van der Waals surface area contributed by atoms with Crippen molar-refractivity contribution in [1.29, 1.82) is 0 Å². The number of allylic oxidation sites excluding steroid dienone is 1. The lowest BCUT2D eigenvalue weighted by molar-refractivity contribution is -0.139. The molecule has 1 aromatic heterocycles. The van der Waals surface area contributed by atoms with Gasteiger partial charge < -0.3 is 18.9 Å². The van der Waals surface area contributed by atoms with Crippen LogP contribution < -0.4 is 29.1 Å². The van der Waals surface area contributed by atoms with Crippen molar-refractivity contribution in [3.8, 4) is 17.2 Å². The van der Waals surface area contributed by atoms with Crippen molar-refractivity contribution in [3.05, 3.63) is 96.7 Å². The molecule has 0 N–H and O–H groups in total. The van der Waals surface area contributed by atoms with Crippen molar-refractivity contribution >= 4 is 34.2 Å². The van der Waals surface area contributed by atoms with E-state index in [1.807, 2.05) is 48.5 Å². The highest BCUT2D eigenvalue weighted by Crippen LogP contribution is 2.36. The van der Waals surface area contributed by atoms with Crippen molar-refractivity contribution in [2.75, 3.05) is 27.9 Å². The molecule has 0 amide bonds. The molecule has 0 unspecified atom stereocenters. The summed E-state index contributed by atoms with van der Waals surface area (Å²) in [6, 6.07) is 16.4. The fraction of sp³-hybridized carbons (Fsp3) is 0.233. The van der Waals surface area contributed by atoms with E-state index in [2.05, 4.69) is 4.99 Å². The molecule has 0 saturated carbocycles. The molecule has 0 bridgehead atoms. The Kier molecular flexibility index (Phi) is 7.26. The Labute approximate surface area is 229 Å². The smallest absolute Gasteiger partial charge is 0.338 e. The lowest BCUT2D eigenvalue weighted by Crippen LogP contribution is -2.40. The van der Waals surface area contributed by atoms with Gasteiger partial charge in [0.25, 0.3) is 5.56 Å². The molecule has 4 aromatic rings. The first-order chi connectivity index (χ1) is 18.9. The number of hydrogen-bond acceptors (Lipinski definition) is 8. The average Bonchev–Trinajstić information content (AvgIpc) is 3.26. The van der Waals surface area contributed by atoms with E-state index in [1.54, 1.807) is 44.8 Å². The van der Waals surface area contributed by atoms with E-state index in [9.17, 15) is 9.59 Å². The molecule has 0 saturated heterocycles. The van der Waals surface area contributed by atoms with Crippen molar-refractivity contribution < 1.29 is 23.7 Å². The topological polar surface area (TPSA) is 88.4 Å². The number of carbonyl (C=O) groups is 1. The van der Waals surface area contributed by atoms with Crippen LogP contribution in [0.1, 0.15) is 31.0 Å². The summed E-state index contributed by atoms with van der Waals surface area (Å²) >= 11 is 1.26. The van der Waals surface area contributed by atoms with Crippen LogP contribution >= 0.6 is 11.3 Å². The van der Waals surface area contributed by atoms with E-state index < -0.39 is 12.0 Å². The first kappa shape index (κ1) is 26.2. The van der Waals surface area contributed by atoms with E-state index in [0.29, 0.717) is 43.4 Å². The molecule has 8 nitrogen and oxygen atoms in total. The molecule has 0 spiro atoms. The normalized spacial score (nSPS) is 15.1. The summed E-state index contributed by atoms with van der Waals surface area (Å²) in [6.45, 7) is 3.69. The third kappa shape index (κ3) is 4.59. The molecule has 200 valence electrons. The molecule has 39 heavy (non-hydrogen) atoms. The third-order valence-corrected chi connectivity index (χ3v) is 7.65. The summed E-state index contributed by atoms with van der Waals surface area (Å²) in [4.78, 5) is 32.4. The van der Waals surface area contributed by atoms with Crippen LogP contribution in [0, 0.1) is 0 Å². The van der Waals surface area contributed by atoms with Crippen molar-refractivity contribution in [3.63, 3.8) is 0 Å². The van der Waals surface area contributed by atoms with Crippen molar-refractivity contribution in [1.82, 2.24) is 4.57 Å². The van der Waals surface area contributed by atoms with Gasteiger partial charge in [0.1, 0.15) is 5.75 Å². The van der Waals surface area contributed by atoms with Gasteiger partial charge in [-0.2, -0.15) is 0 Å². The molecule has 0 fully saturated rings. The summed E-state index contributed by atoms with van der Waals surface area (Å²) in [6.07, 6.45) is 1.83. The van der Waals surface area contributed by atoms with Gasteiger partial charge in [-0.1, -0.05) is 47.7 Å². The maximum absolute atomic E-state index is 14.1. The molecular formula is C30H28N2O6S. The van der Waals surface area contributed by atoms with E-state index in [1.165, 1.54) is 18.4 Å². The minimum atomic E-state index is -0.767. The summed E-state index contributed by atoms with van der Waals surface area (Å²) < 4.78 is 24.0. The van der Waals surface area contributed by atoms with Gasteiger partial charge in [0, 0.05) is 5.56 Å². The first-order valence-electron chi connectivity index (χ1n) is 12.4. The zero-order chi connectivity index (χ0) is 27.7. The van der Waals surface area contributed by atoms with Gasteiger partial charge in [0.05, 0.1) is 49.8 Å². The lowest BCUT2D eigenvalue weighted by atomic mass is 9.95. The Hall–Kier alpha value is -4.37. The van der Waals surface area contributed by atoms with Gasteiger partial charge in [-0.05, 0) is 54.5 Å². The maximum Gasteiger partial charge on any atom is 0.338 e. The molecule has 1 aliphatic rings. The molecule has 3 aromatic carbocycles. The Morgan fingerprint density at radius 3 is 2.44 bits per heavy atom. The quantitative estimate of drug-likeness (QED) is 0.327. The first-order valence-corrected chi connectivity index (χ1v) is 13.2. The fourth-order valence-corrected chi connectivity index (χ4v) is 5.89. The Morgan fingerprint density at radius 2 is 1.72 bits per heavy atom. The highest BCUT2D eigenvalue weighted by atomic mass is 32.1. The molecule has 0 radical (unpaired) electrons. The Morgan fingerprint density at radius 1 is 1.00 bits per heavy atom. The Balaban J connectivity index is 1.79. The molecular weight excluding hydrogens is 516 g/mol. The average molecular weight is 545 g/mol. The lowest BCUT2D eigenvalue weighted by Gasteiger charge is -2.25. The predicted octanol–water partition coefficient (Wildman–Crippen LogP) is 3.98. The van der Waals surface area contributed by atoms with Crippen LogP contribution in [0.3, 0.4) is 0 Å². The number of nitrogens with zero attached hydrogens (tertiary/aromatic N) is 2. The minimum absolute atomic E-state index is 0.194. The Bertz CT molecular complexity index is 1800. The number of benzene rings is 3. The van der Waals surface area contributed by atoms with Gasteiger partial charge in [0.15, 0.2) is 16.3 Å². The van der Waals surface area contributed by atoms with Crippen LogP contribution in [0.2, 0.25) is 0 Å². The summed E-state index contributed by atoms with van der Waals surface area (Å²) in [5, 5.41) is 1.99. The van der Waals surface area contributed by atoms with Gasteiger partial charge in [0.2, 0.25) is 0 Å². The highest BCUT2D eigenvalue weighted by Gasteiger charge is 2.34. The van der Waals surface area contributed by atoms with Gasteiger partial charge in [-0.3, -0.25) is 9.36 Å². The molecule has 2 heterocycles. The van der Waals surface area contributed by atoms with Crippen LogP contribution in [0.5, 0.6) is 17.2 Å². The number of thiazole rings is 1. The van der Waals surface area contributed by atoms with E-state index in [-0.39, 0.29) is 12.2 Å². The summed E-state index contributed by atoms with van der Waals surface area (Å²) in [5.74, 6) is 1.15. The molecule has 5 rings (SSSR count). The van der Waals surface area contributed by atoms with E-state index >= 15 is 0 Å². The summed E-state index contributed by atoms with van der Waals surface area (Å²) in [5.41, 5.74) is 1.97. The number of ether oxygens (including phenoxy) is 4. The summed E-state index contributed by atoms with van der Waals surface area (Å²) in [7, 11) is 4.70. The maximum atomic E-state index is 14.1. The molecule has 1 aliphatic heterocycles. The molecule has 1 atom stereocenters. The highest BCUT2D eigenvalue weighted by molar-refractivity contribution is 7.07. The van der Waals surface area contributed by atoms with Crippen molar-refractivity contribution in [2.24, 2.45) is 4.99 Å². The zero-order valence-corrected chi connectivity index (χ0v) is 23.1.